The van der Waals surface area contributed by atoms with E-state index in [0.29, 0.717) is 10.8 Å². The summed E-state index contributed by atoms with van der Waals surface area (Å²) in [7, 11) is 0. The van der Waals surface area contributed by atoms with Crippen molar-refractivity contribution >= 4 is 29.7 Å². The molecule has 2 amide bonds. The Kier molecular flexibility index (Phi) is 11.5. The monoisotopic (exact) mass is 609 g/mol. The average Bonchev–Trinajstić information content (AvgIpc) is 3.03. The smallest absolute Gasteiger partial charge is 0.338 e. The molecule has 4 rings (SSSR count). The fourth-order valence-electron chi connectivity index (χ4n) is 4.54. The van der Waals surface area contributed by atoms with Crippen LogP contribution in [-0.2, 0) is 32.2 Å². The van der Waals surface area contributed by atoms with E-state index in [9.17, 15) is 24.6 Å². The van der Waals surface area contributed by atoms with Gasteiger partial charge in [-0.05, 0) is 35.7 Å². The van der Waals surface area contributed by atoms with Crippen molar-refractivity contribution in [1.29, 1.82) is 0 Å². The maximum absolute atomic E-state index is 12.0. The van der Waals surface area contributed by atoms with Gasteiger partial charge in [-0.25, -0.2) is 14.6 Å². The molecular formula is C31H35N3O8S. The van der Waals surface area contributed by atoms with Crippen LogP contribution >= 0.6 is 11.8 Å². The molecule has 0 aliphatic carbocycles. The summed E-state index contributed by atoms with van der Waals surface area (Å²) < 4.78 is 17.7. The summed E-state index contributed by atoms with van der Waals surface area (Å²) in [5.74, 6) is -1.18. The molecule has 1 aliphatic heterocycles. The molecular weight excluding hydrogens is 574 g/mol. The fourth-order valence-corrected chi connectivity index (χ4v) is 5.69. The molecule has 228 valence electrons. The summed E-state index contributed by atoms with van der Waals surface area (Å²) in [6.45, 7) is 3.94. The van der Waals surface area contributed by atoms with E-state index >= 15 is 0 Å². The Bertz CT molecular complexity index is 1390. The third-order valence-corrected chi connectivity index (χ3v) is 8.01. The number of esters is 1. The summed E-state index contributed by atoms with van der Waals surface area (Å²) in [5.41, 5.74) is 3.48. The van der Waals surface area contributed by atoms with Crippen molar-refractivity contribution in [2.45, 2.75) is 50.5 Å². The van der Waals surface area contributed by atoms with Gasteiger partial charge in [0.25, 0.3) is 0 Å². The number of carbonyl (C=O) groups is 3. The fraction of sp³-hybridized carbons (Fsp3) is 0.355. The minimum Gasteiger partial charge on any atom is -0.478 e. The van der Waals surface area contributed by atoms with Crippen LogP contribution < -0.4 is 10.6 Å². The first-order valence-electron chi connectivity index (χ1n) is 13.9. The first kappa shape index (κ1) is 32.0. The molecule has 11 nitrogen and oxygen atoms in total. The van der Waals surface area contributed by atoms with E-state index in [2.05, 4.69) is 15.6 Å². The zero-order chi connectivity index (χ0) is 30.8. The van der Waals surface area contributed by atoms with Crippen LogP contribution in [-0.4, -0.2) is 58.2 Å². The van der Waals surface area contributed by atoms with Crippen molar-refractivity contribution in [3.8, 4) is 0 Å². The number of benzene rings is 2. The summed E-state index contributed by atoms with van der Waals surface area (Å²) >= 11 is 1.33. The van der Waals surface area contributed by atoms with Gasteiger partial charge in [0.2, 0.25) is 0 Å². The van der Waals surface area contributed by atoms with Gasteiger partial charge < -0.3 is 35.1 Å². The Hall–Kier alpha value is -3.97. The molecule has 4 unspecified atom stereocenters. The number of aliphatic hydroxyl groups is 1. The Morgan fingerprint density at radius 2 is 1.67 bits per heavy atom. The van der Waals surface area contributed by atoms with Crippen LogP contribution in [0.4, 0.5) is 4.79 Å². The van der Waals surface area contributed by atoms with Crippen molar-refractivity contribution in [1.82, 2.24) is 15.6 Å². The van der Waals surface area contributed by atoms with Gasteiger partial charge in [0.05, 0.1) is 31.0 Å². The minimum absolute atomic E-state index is 0.0589. The lowest BCUT2D eigenvalue weighted by molar-refractivity contribution is -0.268. The van der Waals surface area contributed by atoms with E-state index in [1.54, 1.807) is 19.2 Å². The van der Waals surface area contributed by atoms with Crippen molar-refractivity contribution < 1.29 is 38.8 Å². The number of rotatable bonds is 12. The molecule has 3 aromatic rings. The number of hydrogen-bond acceptors (Lipinski definition) is 9. The number of nitrogens with zero attached hydrogens (tertiary/aromatic N) is 1. The Morgan fingerprint density at radius 1 is 0.977 bits per heavy atom. The molecule has 1 fully saturated rings. The van der Waals surface area contributed by atoms with E-state index in [1.807, 2.05) is 55.5 Å². The lowest BCUT2D eigenvalue weighted by Crippen LogP contribution is -2.39. The lowest BCUT2D eigenvalue weighted by Gasteiger charge is -2.41. The minimum atomic E-state index is -1.04. The second kappa shape index (κ2) is 15.5. The van der Waals surface area contributed by atoms with Gasteiger partial charge in [-0.1, -0.05) is 55.5 Å². The predicted molar refractivity (Wildman–Crippen MR) is 158 cm³/mol. The van der Waals surface area contributed by atoms with Gasteiger partial charge in [0.1, 0.15) is 11.6 Å². The molecule has 12 heteroatoms. The van der Waals surface area contributed by atoms with Gasteiger partial charge in [-0.3, -0.25) is 4.79 Å². The Balaban J connectivity index is 1.46. The molecule has 4 atom stereocenters. The number of thioether (sulfide) groups is 1. The molecule has 0 bridgehead atoms. The molecule has 1 aliphatic rings. The number of aromatic carboxylic acids is 1. The van der Waals surface area contributed by atoms with Crippen LogP contribution in [0.3, 0.4) is 0 Å². The molecule has 0 saturated carbocycles. The average molecular weight is 610 g/mol. The summed E-state index contributed by atoms with van der Waals surface area (Å²) in [6, 6.07) is 17.7. The number of nitrogens with one attached hydrogen (secondary N) is 2. The molecule has 0 radical (unpaired) electrons. The SMILES string of the molecule is CCOC(=O)CNC(=O)NCc1ccc(C2OC(CSc3ncccc3C(=O)O)C(C)C(c3ccc(CO)cc3)O2)cc1. The molecule has 1 aromatic heterocycles. The highest BCUT2D eigenvalue weighted by atomic mass is 32.2. The third kappa shape index (κ3) is 8.77. The number of carboxylic acids is 1. The van der Waals surface area contributed by atoms with E-state index in [4.69, 9.17) is 14.2 Å². The Labute approximate surface area is 254 Å². The molecule has 4 N–H and O–H groups in total. The number of aliphatic hydroxyl groups excluding tert-OH is 1. The number of ether oxygens (including phenoxy) is 3. The van der Waals surface area contributed by atoms with Crippen LogP contribution in [0.25, 0.3) is 0 Å². The highest BCUT2D eigenvalue weighted by molar-refractivity contribution is 7.99. The first-order valence-corrected chi connectivity index (χ1v) is 14.9. The van der Waals surface area contributed by atoms with Crippen molar-refractivity contribution in [3.05, 3.63) is 94.7 Å². The molecule has 1 saturated heterocycles. The van der Waals surface area contributed by atoms with Crippen molar-refractivity contribution in [3.63, 3.8) is 0 Å². The number of aromatic nitrogens is 1. The quantitative estimate of drug-likeness (QED) is 0.173. The standard InChI is InChI=1S/C31H35N3O8S/c1-3-40-26(36)16-34-31(39)33-15-20-6-12-23(13-7-20)30-41-25(18-43-28-24(29(37)38)5-4-14-32-28)19(2)27(42-30)22-10-8-21(17-35)9-11-22/h4-14,19,25,27,30,35H,3,15-18H2,1-2H3,(H,37,38)(H2,33,34,39). The zero-order valence-corrected chi connectivity index (χ0v) is 24.7. The molecule has 2 heterocycles. The number of amides is 2. The highest BCUT2D eigenvalue weighted by Crippen LogP contribution is 2.43. The van der Waals surface area contributed by atoms with Gasteiger partial charge in [0, 0.05) is 30.0 Å². The summed E-state index contributed by atoms with van der Waals surface area (Å²) in [6.07, 6.45) is 0.225. The first-order chi connectivity index (χ1) is 20.8. The zero-order valence-electron chi connectivity index (χ0n) is 23.9. The number of hydrogen-bond donors (Lipinski definition) is 4. The van der Waals surface area contributed by atoms with Crippen LogP contribution in [0.5, 0.6) is 0 Å². The van der Waals surface area contributed by atoms with Crippen molar-refractivity contribution in [2.24, 2.45) is 5.92 Å². The lowest BCUT2D eigenvalue weighted by atomic mass is 9.91. The Morgan fingerprint density at radius 3 is 2.35 bits per heavy atom. The largest absolute Gasteiger partial charge is 0.478 e. The highest BCUT2D eigenvalue weighted by Gasteiger charge is 2.38. The van der Waals surface area contributed by atoms with E-state index in [1.165, 1.54) is 17.8 Å². The van der Waals surface area contributed by atoms with Crippen molar-refractivity contribution in [2.75, 3.05) is 18.9 Å². The number of pyridine rings is 1. The molecule has 2 aromatic carbocycles. The number of urea groups is 1. The maximum Gasteiger partial charge on any atom is 0.338 e. The summed E-state index contributed by atoms with van der Waals surface area (Å²) in [5, 5.41) is 24.6. The van der Waals surface area contributed by atoms with Crippen LogP contribution in [0.15, 0.2) is 71.9 Å². The predicted octanol–water partition coefficient (Wildman–Crippen LogP) is 4.22. The van der Waals surface area contributed by atoms with Gasteiger partial charge >= 0.3 is 18.0 Å². The molecule has 0 spiro atoms. The number of carbonyl (C=O) groups excluding carboxylic acids is 2. The van der Waals surface area contributed by atoms with Crippen LogP contribution in [0, 0.1) is 5.92 Å². The normalized spacial score (nSPS) is 19.8. The van der Waals surface area contributed by atoms with Crippen LogP contribution in [0.2, 0.25) is 0 Å². The van der Waals surface area contributed by atoms with Gasteiger partial charge in [-0.15, -0.1) is 11.8 Å². The van der Waals surface area contributed by atoms with Gasteiger partial charge in [0.15, 0.2) is 6.29 Å². The molecule has 43 heavy (non-hydrogen) atoms. The third-order valence-electron chi connectivity index (χ3n) is 6.91. The number of carboxylic acid groups (broad SMARTS) is 1. The van der Waals surface area contributed by atoms with E-state index < -0.39 is 24.3 Å². The van der Waals surface area contributed by atoms with Gasteiger partial charge in [-0.2, -0.15) is 0 Å². The maximum atomic E-state index is 12.0. The topological polar surface area (TPSA) is 156 Å². The van der Waals surface area contributed by atoms with E-state index in [-0.39, 0.29) is 50.0 Å². The second-order valence-corrected chi connectivity index (χ2v) is 10.9. The second-order valence-electron chi connectivity index (χ2n) is 9.88. The van der Waals surface area contributed by atoms with Crippen LogP contribution in [0.1, 0.15) is 58.9 Å². The summed E-state index contributed by atoms with van der Waals surface area (Å²) in [4.78, 5) is 39.4. The van der Waals surface area contributed by atoms with E-state index in [0.717, 1.165) is 22.3 Å².